The van der Waals surface area contributed by atoms with Gasteiger partial charge >= 0.3 is 6.18 Å². The third kappa shape index (κ3) is 2.97. The molecule has 110 valence electrons. The molecular formula is C15H17BrF3N. The minimum atomic E-state index is -4.30. The second-order valence-corrected chi connectivity index (χ2v) is 6.96. The average Bonchev–Trinajstić information content (AvgIpc) is 2.96. The number of alkyl halides is 3. The quantitative estimate of drug-likeness (QED) is 0.780. The van der Waals surface area contributed by atoms with Gasteiger partial charge in [-0.25, -0.2) is 0 Å². The highest BCUT2D eigenvalue weighted by molar-refractivity contribution is 9.10. The fourth-order valence-electron chi connectivity index (χ4n) is 3.73. The predicted octanol–water partition coefficient (Wildman–Crippen LogP) is 5.32. The molecule has 3 rings (SSSR count). The van der Waals surface area contributed by atoms with Crippen LogP contribution in [-0.2, 0) is 6.18 Å². The van der Waals surface area contributed by atoms with Crippen molar-refractivity contribution in [3.63, 3.8) is 0 Å². The topological polar surface area (TPSA) is 12.0 Å². The van der Waals surface area contributed by atoms with Crippen LogP contribution in [0.3, 0.4) is 0 Å². The molecule has 0 radical (unpaired) electrons. The molecule has 3 unspecified atom stereocenters. The smallest absolute Gasteiger partial charge is 0.385 e. The zero-order valence-electron chi connectivity index (χ0n) is 11.0. The number of fused-ring (bicyclic) bond motifs is 2. The van der Waals surface area contributed by atoms with Crippen LogP contribution in [0.4, 0.5) is 18.9 Å². The summed E-state index contributed by atoms with van der Waals surface area (Å²) >= 11 is 3.15. The third-order valence-corrected chi connectivity index (χ3v) is 5.14. The molecule has 1 nitrogen and oxygen atoms in total. The molecule has 5 heteroatoms. The van der Waals surface area contributed by atoms with Crippen molar-refractivity contribution < 1.29 is 13.2 Å². The highest BCUT2D eigenvalue weighted by Crippen LogP contribution is 2.48. The highest BCUT2D eigenvalue weighted by Gasteiger charge is 2.39. The summed E-state index contributed by atoms with van der Waals surface area (Å²) in [6.07, 6.45) is 0.892. The number of halogens is 4. The Hall–Kier alpha value is -0.710. The zero-order chi connectivity index (χ0) is 14.3. The van der Waals surface area contributed by atoms with E-state index >= 15 is 0 Å². The van der Waals surface area contributed by atoms with Gasteiger partial charge in [0.2, 0.25) is 0 Å². The number of hydrogen-bond acceptors (Lipinski definition) is 1. The van der Waals surface area contributed by atoms with Gasteiger partial charge in [-0.2, -0.15) is 13.2 Å². The lowest BCUT2D eigenvalue weighted by molar-refractivity contribution is -0.137. The summed E-state index contributed by atoms with van der Waals surface area (Å²) in [4.78, 5) is 0. The van der Waals surface area contributed by atoms with E-state index < -0.39 is 11.7 Å². The number of rotatable bonds is 3. The summed E-state index contributed by atoms with van der Waals surface area (Å²) in [6, 6.07) is 4.02. The molecule has 2 bridgehead atoms. The van der Waals surface area contributed by atoms with Crippen LogP contribution in [0.15, 0.2) is 22.7 Å². The SMILES string of the molecule is FC(F)(F)c1cc(Br)cc(NCC2CC3CCC2C3)c1. The fourth-order valence-corrected chi connectivity index (χ4v) is 4.22. The van der Waals surface area contributed by atoms with Gasteiger partial charge in [-0.3, -0.25) is 0 Å². The Morgan fingerprint density at radius 1 is 1.15 bits per heavy atom. The van der Waals surface area contributed by atoms with E-state index in [2.05, 4.69) is 21.2 Å². The molecular weight excluding hydrogens is 331 g/mol. The summed E-state index contributed by atoms with van der Waals surface area (Å²) in [6.45, 7) is 0.787. The molecule has 1 aromatic carbocycles. The van der Waals surface area contributed by atoms with Gasteiger partial charge in [0, 0.05) is 16.7 Å². The summed E-state index contributed by atoms with van der Waals surface area (Å²) in [5.74, 6) is 2.27. The molecule has 2 fully saturated rings. The molecule has 1 N–H and O–H groups in total. The number of nitrogens with one attached hydrogen (secondary N) is 1. The first kappa shape index (κ1) is 14.2. The van der Waals surface area contributed by atoms with Crippen molar-refractivity contribution in [3.05, 3.63) is 28.2 Å². The Kier molecular flexibility index (Phi) is 3.73. The minimum absolute atomic E-state index is 0.461. The summed E-state index contributed by atoms with van der Waals surface area (Å²) in [5.41, 5.74) is -0.0585. The molecule has 3 atom stereocenters. The molecule has 0 heterocycles. The Labute approximate surface area is 125 Å². The average molecular weight is 348 g/mol. The van der Waals surface area contributed by atoms with Crippen molar-refractivity contribution in [3.8, 4) is 0 Å². The summed E-state index contributed by atoms with van der Waals surface area (Å²) < 4.78 is 38.7. The van der Waals surface area contributed by atoms with Crippen molar-refractivity contribution in [1.82, 2.24) is 0 Å². The van der Waals surface area contributed by atoms with Crippen molar-refractivity contribution >= 4 is 21.6 Å². The predicted molar refractivity (Wildman–Crippen MR) is 76.6 cm³/mol. The molecule has 2 saturated carbocycles. The normalized spacial score (nSPS) is 28.9. The standard InChI is InChI=1S/C15H17BrF3N/c16-13-5-12(15(17,18)19)6-14(7-13)20-8-11-4-9-1-2-10(11)3-9/h5-7,9-11,20H,1-4,8H2. The molecule has 2 aliphatic rings. The van der Waals surface area contributed by atoms with Crippen LogP contribution < -0.4 is 5.32 Å². The zero-order valence-corrected chi connectivity index (χ0v) is 12.6. The lowest BCUT2D eigenvalue weighted by atomic mass is 9.89. The number of benzene rings is 1. The monoisotopic (exact) mass is 347 g/mol. The number of hydrogen-bond donors (Lipinski definition) is 1. The maximum atomic E-state index is 12.8. The lowest BCUT2D eigenvalue weighted by Crippen LogP contribution is -2.20. The van der Waals surface area contributed by atoms with E-state index in [4.69, 9.17) is 0 Å². The fraction of sp³-hybridized carbons (Fsp3) is 0.600. The minimum Gasteiger partial charge on any atom is -0.385 e. The largest absolute Gasteiger partial charge is 0.416 e. The molecule has 0 spiro atoms. The Balaban J connectivity index is 1.67. The van der Waals surface area contributed by atoms with Gasteiger partial charge in [-0.1, -0.05) is 22.4 Å². The van der Waals surface area contributed by atoms with Crippen molar-refractivity contribution in [2.45, 2.75) is 31.9 Å². The van der Waals surface area contributed by atoms with Gasteiger partial charge in [0.25, 0.3) is 0 Å². The second-order valence-electron chi connectivity index (χ2n) is 6.04. The molecule has 0 aliphatic heterocycles. The van der Waals surface area contributed by atoms with Crippen LogP contribution in [0, 0.1) is 17.8 Å². The summed E-state index contributed by atoms with van der Waals surface area (Å²) in [7, 11) is 0. The Morgan fingerprint density at radius 3 is 2.55 bits per heavy atom. The Bertz CT molecular complexity index is 500. The van der Waals surface area contributed by atoms with Crippen LogP contribution in [-0.4, -0.2) is 6.54 Å². The first-order valence-corrected chi connectivity index (χ1v) is 7.83. The molecule has 2 aliphatic carbocycles. The van der Waals surface area contributed by atoms with Crippen LogP contribution >= 0.6 is 15.9 Å². The number of anilines is 1. The van der Waals surface area contributed by atoms with Crippen LogP contribution in [0.2, 0.25) is 0 Å². The van der Waals surface area contributed by atoms with Crippen LogP contribution in [0.1, 0.15) is 31.2 Å². The van der Waals surface area contributed by atoms with Crippen molar-refractivity contribution in [1.29, 1.82) is 0 Å². The van der Waals surface area contributed by atoms with E-state index in [1.807, 2.05) is 0 Å². The van der Waals surface area contributed by atoms with Crippen LogP contribution in [0.5, 0.6) is 0 Å². The summed E-state index contributed by atoms with van der Waals surface area (Å²) in [5, 5.41) is 3.19. The van der Waals surface area contributed by atoms with E-state index in [1.54, 1.807) is 6.07 Å². The highest BCUT2D eigenvalue weighted by atomic mass is 79.9. The van der Waals surface area contributed by atoms with Gasteiger partial charge < -0.3 is 5.32 Å². The second kappa shape index (κ2) is 5.24. The van der Waals surface area contributed by atoms with Gasteiger partial charge in [0.1, 0.15) is 0 Å². The Morgan fingerprint density at radius 2 is 1.95 bits per heavy atom. The van der Waals surface area contributed by atoms with Crippen molar-refractivity contribution in [2.75, 3.05) is 11.9 Å². The molecule has 1 aromatic rings. The van der Waals surface area contributed by atoms with Gasteiger partial charge in [-0.15, -0.1) is 0 Å². The molecule has 0 amide bonds. The first-order chi connectivity index (χ1) is 9.41. The van der Waals surface area contributed by atoms with Gasteiger partial charge in [0.15, 0.2) is 0 Å². The van der Waals surface area contributed by atoms with E-state index in [0.717, 1.165) is 24.4 Å². The molecule has 0 aromatic heterocycles. The van der Waals surface area contributed by atoms with Gasteiger partial charge in [-0.05, 0) is 55.2 Å². The van der Waals surface area contributed by atoms with Crippen LogP contribution in [0.25, 0.3) is 0 Å². The van der Waals surface area contributed by atoms with E-state index in [9.17, 15) is 13.2 Å². The van der Waals surface area contributed by atoms with E-state index in [-0.39, 0.29) is 0 Å². The van der Waals surface area contributed by atoms with E-state index in [0.29, 0.717) is 16.1 Å². The van der Waals surface area contributed by atoms with E-state index in [1.165, 1.54) is 31.7 Å². The molecule has 20 heavy (non-hydrogen) atoms. The maximum Gasteiger partial charge on any atom is 0.416 e. The third-order valence-electron chi connectivity index (χ3n) is 4.68. The lowest BCUT2D eigenvalue weighted by Gasteiger charge is -2.22. The maximum absolute atomic E-state index is 12.8. The van der Waals surface area contributed by atoms with Gasteiger partial charge in [0.05, 0.1) is 5.56 Å². The first-order valence-electron chi connectivity index (χ1n) is 7.03. The van der Waals surface area contributed by atoms with Crippen molar-refractivity contribution in [2.24, 2.45) is 17.8 Å². The molecule has 0 saturated heterocycles.